The molecule has 6 heteroatoms. The highest BCUT2D eigenvalue weighted by molar-refractivity contribution is 6.31. The summed E-state index contributed by atoms with van der Waals surface area (Å²) in [6.45, 7) is 2.09. The fourth-order valence-electron chi connectivity index (χ4n) is 2.28. The summed E-state index contributed by atoms with van der Waals surface area (Å²) in [5, 5.41) is 3.40. The van der Waals surface area contributed by atoms with Crippen LogP contribution in [0.25, 0.3) is 0 Å². The van der Waals surface area contributed by atoms with E-state index in [0.717, 1.165) is 25.9 Å². The molecule has 1 heterocycles. The first-order chi connectivity index (χ1) is 9.58. The number of rotatable bonds is 4. The summed E-state index contributed by atoms with van der Waals surface area (Å²) in [5.74, 6) is 0.532. The molecule has 0 aromatic heterocycles. The van der Waals surface area contributed by atoms with Gasteiger partial charge in [0.05, 0.1) is 19.3 Å². The molecule has 1 aromatic rings. The summed E-state index contributed by atoms with van der Waals surface area (Å²) in [6, 6.07) is 5.41. The van der Waals surface area contributed by atoms with E-state index >= 15 is 0 Å². The summed E-state index contributed by atoms with van der Waals surface area (Å²) in [4.78, 5) is 14.2. The van der Waals surface area contributed by atoms with Crippen LogP contribution in [0, 0.1) is 0 Å². The molecule has 0 radical (unpaired) electrons. The molecule has 20 heavy (non-hydrogen) atoms. The van der Waals surface area contributed by atoms with Gasteiger partial charge in [-0.05, 0) is 31.0 Å². The van der Waals surface area contributed by atoms with Crippen LogP contribution in [-0.2, 0) is 4.79 Å². The number of hydrogen-bond acceptors (Lipinski definition) is 4. The predicted octanol–water partition coefficient (Wildman–Crippen LogP) is 1.71. The third kappa shape index (κ3) is 4.10. The van der Waals surface area contributed by atoms with Gasteiger partial charge >= 0.3 is 0 Å². The first-order valence-corrected chi connectivity index (χ1v) is 7.07. The maximum Gasteiger partial charge on any atom is 0.238 e. The lowest BCUT2D eigenvalue weighted by molar-refractivity contribution is -0.117. The molecule has 2 rings (SSSR count). The fraction of sp³-hybridized carbons (Fsp3) is 0.500. The quantitative estimate of drug-likeness (QED) is 0.888. The number of anilines is 1. The second-order valence-electron chi connectivity index (χ2n) is 5.01. The Balaban J connectivity index is 1.92. The van der Waals surface area contributed by atoms with Crippen molar-refractivity contribution >= 4 is 23.2 Å². The number of nitrogens with two attached hydrogens (primary N) is 1. The molecule has 1 amide bonds. The Morgan fingerprint density at radius 1 is 1.50 bits per heavy atom. The van der Waals surface area contributed by atoms with Crippen molar-refractivity contribution in [2.45, 2.75) is 18.9 Å². The van der Waals surface area contributed by atoms with Crippen LogP contribution in [0.5, 0.6) is 5.75 Å². The van der Waals surface area contributed by atoms with Crippen LogP contribution in [0.3, 0.4) is 0 Å². The van der Waals surface area contributed by atoms with Crippen LogP contribution in [0.2, 0.25) is 5.02 Å². The van der Waals surface area contributed by atoms with Gasteiger partial charge in [0.1, 0.15) is 5.75 Å². The summed E-state index contributed by atoms with van der Waals surface area (Å²) < 4.78 is 5.20. The number of nitrogens with zero attached hydrogens (tertiary/aromatic N) is 1. The number of halogens is 1. The van der Waals surface area contributed by atoms with E-state index in [4.69, 9.17) is 22.1 Å². The van der Waals surface area contributed by atoms with Crippen LogP contribution in [-0.4, -0.2) is 43.6 Å². The van der Waals surface area contributed by atoms with E-state index in [-0.39, 0.29) is 11.9 Å². The lowest BCUT2D eigenvalue weighted by Gasteiger charge is -2.29. The molecule has 1 aliphatic rings. The highest BCUT2D eigenvalue weighted by Crippen LogP contribution is 2.27. The minimum atomic E-state index is -0.0685. The Morgan fingerprint density at radius 3 is 2.85 bits per heavy atom. The van der Waals surface area contributed by atoms with E-state index in [0.29, 0.717) is 23.0 Å². The minimum Gasteiger partial charge on any atom is -0.495 e. The van der Waals surface area contributed by atoms with Gasteiger partial charge in [0.25, 0.3) is 0 Å². The van der Waals surface area contributed by atoms with E-state index in [1.165, 1.54) is 0 Å². The molecular weight excluding hydrogens is 278 g/mol. The van der Waals surface area contributed by atoms with Crippen molar-refractivity contribution in [3.05, 3.63) is 23.2 Å². The van der Waals surface area contributed by atoms with Gasteiger partial charge in [-0.2, -0.15) is 0 Å². The Bertz CT molecular complexity index is 473. The second kappa shape index (κ2) is 6.92. The van der Waals surface area contributed by atoms with Crippen LogP contribution in [0.1, 0.15) is 12.8 Å². The molecular formula is C14H20ClN3O2. The normalized spacial score (nSPS) is 16.9. The highest BCUT2D eigenvalue weighted by Gasteiger charge is 2.18. The number of amides is 1. The van der Waals surface area contributed by atoms with E-state index in [1.807, 2.05) is 0 Å². The molecule has 0 unspecified atom stereocenters. The number of ether oxygens (including phenoxy) is 1. The van der Waals surface area contributed by atoms with Crippen molar-refractivity contribution in [3.63, 3.8) is 0 Å². The lowest BCUT2D eigenvalue weighted by Crippen LogP contribution is -2.43. The van der Waals surface area contributed by atoms with Crippen molar-refractivity contribution < 1.29 is 9.53 Å². The molecule has 0 atom stereocenters. The average molecular weight is 298 g/mol. The average Bonchev–Trinajstić information content (AvgIpc) is 2.41. The van der Waals surface area contributed by atoms with Crippen LogP contribution >= 0.6 is 11.6 Å². The van der Waals surface area contributed by atoms with Gasteiger partial charge in [0.15, 0.2) is 0 Å². The molecule has 110 valence electrons. The third-order valence-corrected chi connectivity index (χ3v) is 3.67. The molecule has 1 fully saturated rings. The van der Waals surface area contributed by atoms with Gasteiger partial charge < -0.3 is 15.8 Å². The van der Waals surface area contributed by atoms with Gasteiger partial charge in [-0.25, -0.2) is 0 Å². The van der Waals surface area contributed by atoms with Gasteiger partial charge in [0.2, 0.25) is 5.91 Å². The number of piperidine rings is 1. The van der Waals surface area contributed by atoms with Crippen molar-refractivity contribution in [2.75, 3.05) is 32.1 Å². The Kier molecular flexibility index (Phi) is 5.23. The van der Waals surface area contributed by atoms with Crippen LogP contribution < -0.4 is 15.8 Å². The first-order valence-electron chi connectivity index (χ1n) is 6.70. The minimum absolute atomic E-state index is 0.0685. The number of carbonyl (C=O) groups excluding carboxylic acids is 1. The van der Waals surface area contributed by atoms with E-state index in [1.54, 1.807) is 25.3 Å². The maximum atomic E-state index is 12.1. The Hall–Kier alpha value is -1.30. The SMILES string of the molecule is COc1ccc(Cl)cc1NC(=O)CN1CCC(N)CC1. The fourth-order valence-corrected chi connectivity index (χ4v) is 2.45. The van der Waals surface area contributed by atoms with E-state index in [9.17, 15) is 4.79 Å². The smallest absolute Gasteiger partial charge is 0.238 e. The molecule has 0 spiro atoms. The summed E-state index contributed by atoms with van der Waals surface area (Å²) in [5.41, 5.74) is 6.44. The molecule has 0 bridgehead atoms. The molecule has 0 aliphatic carbocycles. The van der Waals surface area contributed by atoms with Crippen molar-refractivity contribution in [1.29, 1.82) is 0 Å². The number of hydrogen-bond donors (Lipinski definition) is 2. The molecule has 5 nitrogen and oxygen atoms in total. The van der Waals surface area contributed by atoms with Gasteiger partial charge in [0, 0.05) is 24.2 Å². The largest absolute Gasteiger partial charge is 0.495 e. The standard InChI is InChI=1S/C14H20ClN3O2/c1-20-13-3-2-10(15)8-12(13)17-14(19)9-18-6-4-11(16)5-7-18/h2-3,8,11H,4-7,9,16H2,1H3,(H,17,19). The molecule has 1 saturated heterocycles. The number of methoxy groups -OCH3 is 1. The van der Waals surface area contributed by atoms with Gasteiger partial charge in [-0.15, -0.1) is 0 Å². The summed E-state index contributed by atoms with van der Waals surface area (Å²) >= 11 is 5.93. The van der Waals surface area contributed by atoms with Crippen molar-refractivity contribution in [2.24, 2.45) is 5.73 Å². The monoisotopic (exact) mass is 297 g/mol. The van der Waals surface area contributed by atoms with Crippen LogP contribution in [0.15, 0.2) is 18.2 Å². The van der Waals surface area contributed by atoms with Gasteiger partial charge in [-0.1, -0.05) is 11.6 Å². The zero-order valence-corrected chi connectivity index (χ0v) is 12.3. The topological polar surface area (TPSA) is 67.6 Å². The molecule has 0 saturated carbocycles. The first kappa shape index (κ1) is 15.1. The number of benzene rings is 1. The molecule has 3 N–H and O–H groups in total. The molecule has 1 aromatic carbocycles. The Morgan fingerprint density at radius 2 is 2.20 bits per heavy atom. The molecule has 1 aliphatic heterocycles. The summed E-state index contributed by atoms with van der Waals surface area (Å²) in [6.07, 6.45) is 1.88. The van der Waals surface area contributed by atoms with E-state index in [2.05, 4.69) is 10.2 Å². The van der Waals surface area contributed by atoms with Gasteiger partial charge in [-0.3, -0.25) is 9.69 Å². The highest BCUT2D eigenvalue weighted by atomic mass is 35.5. The zero-order chi connectivity index (χ0) is 14.5. The predicted molar refractivity (Wildman–Crippen MR) is 80.3 cm³/mol. The third-order valence-electron chi connectivity index (χ3n) is 3.44. The second-order valence-corrected chi connectivity index (χ2v) is 5.44. The summed E-state index contributed by atoms with van der Waals surface area (Å²) in [7, 11) is 1.56. The van der Waals surface area contributed by atoms with E-state index < -0.39 is 0 Å². The number of likely N-dealkylation sites (tertiary alicyclic amines) is 1. The van der Waals surface area contributed by atoms with Crippen molar-refractivity contribution in [3.8, 4) is 5.75 Å². The number of nitrogens with one attached hydrogen (secondary N) is 1. The van der Waals surface area contributed by atoms with Crippen molar-refractivity contribution in [1.82, 2.24) is 4.90 Å². The zero-order valence-electron chi connectivity index (χ0n) is 11.6. The Labute approximate surface area is 124 Å². The number of carbonyl (C=O) groups is 1. The van der Waals surface area contributed by atoms with Crippen LogP contribution in [0.4, 0.5) is 5.69 Å². The maximum absolute atomic E-state index is 12.1. The lowest BCUT2D eigenvalue weighted by atomic mass is 10.1.